The molecule has 0 aliphatic carbocycles. The van der Waals surface area contributed by atoms with Crippen molar-refractivity contribution in [2.75, 3.05) is 13.7 Å². The lowest BCUT2D eigenvalue weighted by Crippen LogP contribution is -2.15. The van der Waals surface area contributed by atoms with Gasteiger partial charge in [-0.2, -0.15) is 0 Å². The van der Waals surface area contributed by atoms with Crippen molar-refractivity contribution in [1.29, 1.82) is 0 Å². The van der Waals surface area contributed by atoms with Crippen LogP contribution in [0.1, 0.15) is 30.0 Å². The van der Waals surface area contributed by atoms with Gasteiger partial charge in [-0.25, -0.2) is 0 Å². The Morgan fingerprint density at radius 2 is 2.00 bits per heavy atom. The molecule has 124 valence electrons. The maximum atomic E-state index is 6.12. The summed E-state index contributed by atoms with van der Waals surface area (Å²) in [5.74, 6) is 1.56. The predicted octanol–water partition coefficient (Wildman–Crippen LogP) is 4.84. The first-order valence-electron chi connectivity index (χ1n) is 7.90. The molecule has 0 aliphatic rings. The van der Waals surface area contributed by atoms with E-state index in [2.05, 4.69) is 59.4 Å². The Hall–Kier alpha value is -1.52. The Bertz CT molecular complexity index is 643. The van der Waals surface area contributed by atoms with Crippen molar-refractivity contribution in [2.24, 2.45) is 0 Å². The van der Waals surface area contributed by atoms with Crippen LogP contribution < -0.4 is 14.8 Å². The van der Waals surface area contributed by atoms with E-state index in [1.165, 1.54) is 5.56 Å². The first-order valence-corrected chi connectivity index (χ1v) is 8.69. The van der Waals surface area contributed by atoms with Crippen LogP contribution in [-0.2, 0) is 13.2 Å². The normalized spacial score (nSPS) is 10.6. The second-order valence-electron chi connectivity index (χ2n) is 5.51. The average molecular weight is 378 g/mol. The first-order chi connectivity index (χ1) is 11.2. The molecule has 0 aromatic heterocycles. The minimum absolute atomic E-state index is 0.523. The fraction of sp³-hybridized carbons (Fsp3) is 0.368. The minimum atomic E-state index is 0.523. The molecule has 4 heteroatoms. The van der Waals surface area contributed by atoms with Crippen molar-refractivity contribution in [1.82, 2.24) is 5.32 Å². The second kappa shape index (κ2) is 8.94. The van der Waals surface area contributed by atoms with Gasteiger partial charge in [0.15, 0.2) is 11.5 Å². The van der Waals surface area contributed by atoms with Crippen LogP contribution in [0.4, 0.5) is 0 Å². The monoisotopic (exact) mass is 377 g/mol. The number of benzene rings is 2. The van der Waals surface area contributed by atoms with Gasteiger partial charge in [0.25, 0.3) is 0 Å². The molecule has 23 heavy (non-hydrogen) atoms. The third-order valence-corrected chi connectivity index (χ3v) is 4.32. The van der Waals surface area contributed by atoms with E-state index in [1.54, 1.807) is 7.11 Å². The Morgan fingerprint density at radius 3 is 2.70 bits per heavy atom. The molecule has 0 saturated carbocycles. The van der Waals surface area contributed by atoms with E-state index >= 15 is 0 Å². The molecule has 2 rings (SSSR count). The van der Waals surface area contributed by atoms with Gasteiger partial charge in [0.1, 0.15) is 6.61 Å². The third-order valence-electron chi connectivity index (χ3n) is 3.58. The molecule has 0 atom stereocenters. The molecular formula is C19H24BrNO2. The average Bonchev–Trinajstić information content (AvgIpc) is 2.55. The van der Waals surface area contributed by atoms with Gasteiger partial charge in [0.2, 0.25) is 0 Å². The number of ether oxygens (including phenoxy) is 2. The maximum Gasteiger partial charge on any atom is 0.167 e. The van der Waals surface area contributed by atoms with Crippen LogP contribution in [-0.4, -0.2) is 13.7 Å². The van der Waals surface area contributed by atoms with E-state index in [1.807, 2.05) is 12.1 Å². The number of hydrogen-bond acceptors (Lipinski definition) is 3. The van der Waals surface area contributed by atoms with Crippen LogP contribution in [0.3, 0.4) is 0 Å². The zero-order chi connectivity index (χ0) is 16.7. The van der Waals surface area contributed by atoms with Crippen molar-refractivity contribution in [2.45, 2.75) is 33.4 Å². The molecule has 0 bridgehead atoms. The SMILES string of the molecule is CCCNCc1c(Br)ccc(OC)c1OCc1cccc(C)c1. The summed E-state index contributed by atoms with van der Waals surface area (Å²) in [6, 6.07) is 12.3. The number of hydrogen-bond donors (Lipinski definition) is 1. The van der Waals surface area contributed by atoms with Gasteiger partial charge in [-0.1, -0.05) is 52.7 Å². The smallest absolute Gasteiger partial charge is 0.167 e. The molecule has 0 radical (unpaired) electrons. The number of nitrogens with one attached hydrogen (secondary N) is 1. The zero-order valence-electron chi connectivity index (χ0n) is 14.0. The predicted molar refractivity (Wildman–Crippen MR) is 98.2 cm³/mol. The summed E-state index contributed by atoms with van der Waals surface area (Å²) >= 11 is 3.62. The van der Waals surface area contributed by atoms with Crippen LogP contribution in [0.15, 0.2) is 40.9 Å². The lowest BCUT2D eigenvalue weighted by molar-refractivity contribution is 0.280. The van der Waals surface area contributed by atoms with E-state index in [9.17, 15) is 0 Å². The fourth-order valence-corrected chi connectivity index (χ4v) is 2.87. The van der Waals surface area contributed by atoms with Gasteiger partial charge in [-0.05, 0) is 37.6 Å². The van der Waals surface area contributed by atoms with Crippen LogP contribution in [0.5, 0.6) is 11.5 Å². The Kier molecular flexibility index (Phi) is 6.93. The van der Waals surface area contributed by atoms with Crippen molar-refractivity contribution < 1.29 is 9.47 Å². The highest BCUT2D eigenvalue weighted by Gasteiger charge is 2.14. The summed E-state index contributed by atoms with van der Waals surface area (Å²) in [5, 5.41) is 3.43. The number of halogens is 1. The highest BCUT2D eigenvalue weighted by atomic mass is 79.9. The summed E-state index contributed by atoms with van der Waals surface area (Å²) in [6.07, 6.45) is 1.10. The molecule has 1 N–H and O–H groups in total. The third kappa shape index (κ3) is 4.98. The zero-order valence-corrected chi connectivity index (χ0v) is 15.6. The quantitative estimate of drug-likeness (QED) is 0.667. The van der Waals surface area contributed by atoms with Crippen molar-refractivity contribution in [3.05, 3.63) is 57.6 Å². The summed E-state index contributed by atoms with van der Waals surface area (Å²) in [4.78, 5) is 0. The summed E-state index contributed by atoms with van der Waals surface area (Å²) < 4.78 is 12.6. The highest BCUT2D eigenvalue weighted by Crippen LogP contribution is 2.36. The molecule has 0 unspecified atom stereocenters. The van der Waals surface area contributed by atoms with Gasteiger partial charge in [-0.15, -0.1) is 0 Å². The first kappa shape index (κ1) is 17.8. The lowest BCUT2D eigenvalue weighted by Gasteiger charge is -2.17. The summed E-state index contributed by atoms with van der Waals surface area (Å²) in [5.41, 5.74) is 3.47. The Labute approximate surface area is 147 Å². The van der Waals surface area contributed by atoms with E-state index < -0.39 is 0 Å². The standard InChI is InChI=1S/C19H24BrNO2/c1-4-10-21-12-16-17(20)8-9-18(22-3)19(16)23-13-15-7-5-6-14(2)11-15/h5-9,11,21H,4,10,12-13H2,1-3H3. The van der Waals surface area contributed by atoms with Crippen LogP contribution in [0.25, 0.3) is 0 Å². The van der Waals surface area contributed by atoms with Gasteiger partial charge in [0, 0.05) is 16.6 Å². The molecule has 0 heterocycles. The lowest BCUT2D eigenvalue weighted by atomic mass is 10.1. The molecule has 0 saturated heterocycles. The number of aryl methyl sites for hydroxylation is 1. The Morgan fingerprint density at radius 1 is 1.17 bits per heavy atom. The molecular weight excluding hydrogens is 354 g/mol. The van der Waals surface area contributed by atoms with Crippen LogP contribution in [0, 0.1) is 6.92 Å². The van der Waals surface area contributed by atoms with Crippen LogP contribution in [0.2, 0.25) is 0 Å². The summed E-state index contributed by atoms with van der Waals surface area (Å²) in [6.45, 7) is 6.48. The van der Waals surface area contributed by atoms with Crippen molar-refractivity contribution in [3.63, 3.8) is 0 Å². The van der Waals surface area contributed by atoms with Gasteiger partial charge >= 0.3 is 0 Å². The largest absolute Gasteiger partial charge is 0.493 e. The van der Waals surface area contributed by atoms with E-state index in [-0.39, 0.29) is 0 Å². The number of methoxy groups -OCH3 is 1. The van der Waals surface area contributed by atoms with E-state index in [0.717, 1.165) is 46.6 Å². The molecule has 0 spiro atoms. The van der Waals surface area contributed by atoms with E-state index in [0.29, 0.717) is 6.61 Å². The highest BCUT2D eigenvalue weighted by molar-refractivity contribution is 9.10. The topological polar surface area (TPSA) is 30.5 Å². The fourth-order valence-electron chi connectivity index (χ4n) is 2.41. The van der Waals surface area contributed by atoms with Crippen LogP contribution >= 0.6 is 15.9 Å². The molecule has 3 nitrogen and oxygen atoms in total. The van der Waals surface area contributed by atoms with E-state index in [4.69, 9.17) is 9.47 Å². The Balaban J connectivity index is 2.21. The number of rotatable bonds is 8. The second-order valence-corrected chi connectivity index (χ2v) is 6.37. The minimum Gasteiger partial charge on any atom is -0.493 e. The van der Waals surface area contributed by atoms with Gasteiger partial charge in [-0.3, -0.25) is 0 Å². The molecule has 2 aromatic rings. The maximum absolute atomic E-state index is 6.12. The molecule has 0 aliphatic heterocycles. The van der Waals surface area contributed by atoms with Crippen molar-refractivity contribution in [3.8, 4) is 11.5 Å². The molecule has 0 amide bonds. The van der Waals surface area contributed by atoms with Gasteiger partial charge in [0.05, 0.1) is 7.11 Å². The molecule has 2 aromatic carbocycles. The summed E-state index contributed by atoms with van der Waals surface area (Å²) in [7, 11) is 1.67. The van der Waals surface area contributed by atoms with Gasteiger partial charge < -0.3 is 14.8 Å². The molecule has 0 fully saturated rings. The van der Waals surface area contributed by atoms with Crippen molar-refractivity contribution >= 4 is 15.9 Å².